The van der Waals surface area contributed by atoms with Gasteiger partial charge in [-0.1, -0.05) is 36.4 Å². The Kier molecular flexibility index (Phi) is 8.94. The van der Waals surface area contributed by atoms with Gasteiger partial charge in [0, 0.05) is 18.7 Å². The number of anilines is 2. The summed E-state index contributed by atoms with van der Waals surface area (Å²) in [6.45, 7) is 0.990. The van der Waals surface area contributed by atoms with E-state index in [1.54, 1.807) is 48.5 Å². The Labute approximate surface area is 221 Å². The SMILES string of the molecule is COc1cc(CC(=O)[C@@H]2CCCN2COc2cccc(CC(=O)O)c2)ccc1NC(=O)Nc1ccccc1. The van der Waals surface area contributed by atoms with E-state index in [1.165, 1.54) is 7.11 Å². The highest BCUT2D eigenvalue weighted by Crippen LogP contribution is 2.27. The zero-order valence-corrected chi connectivity index (χ0v) is 21.2. The van der Waals surface area contributed by atoms with Gasteiger partial charge in [0.1, 0.15) is 18.2 Å². The van der Waals surface area contributed by atoms with Gasteiger partial charge in [0.15, 0.2) is 5.78 Å². The molecule has 3 N–H and O–H groups in total. The minimum absolute atomic E-state index is 0.0719. The van der Waals surface area contributed by atoms with Gasteiger partial charge < -0.3 is 25.2 Å². The third-order valence-electron chi connectivity index (χ3n) is 6.31. The molecule has 0 aromatic heterocycles. The zero-order valence-electron chi connectivity index (χ0n) is 21.2. The fourth-order valence-electron chi connectivity index (χ4n) is 4.50. The number of hydrogen-bond donors (Lipinski definition) is 3. The van der Waals surface area contributed by atoms with Crippen LogP contribution in [0.4, 0.5) is 16.2 Å². The second-order valence-corrected chi connectivity index (χ2v) is 9.08. The number of ether oxygens (including phenoxy) is 2. The van der Waals surface area contributed by atoms with Crippen LogP contribution >= 0.6 is 0 Å². The molecule has 4 rings (SSSR count). The summed E-state index contributed by atoms with van der Waals surface area (Å²) >= 11 is 0. The molecular weight excluding hydrogens is 486 g/mol. The molecule has 2 amide bonds. The summed E-state index contributed by atoms with van der Waals surface area (Å²) in [4.78, 5) is 38.6. The molecule has 0 bridgehead atoms. The number of carboxylic acid groups (broad SMARTS) is 1. The standard InChI is InChI=1S/C29H31N3O6/c1-37-27-17-21(12-13-24(27)31-29(36)30-22-8-3-2-4-9-22)16-26(33)25-11-6-14-32(25)19-38-23-10-5-7-20(15-23)18-28(34)35/h2-5,7-10,12-13,15,17,25H,6,11,14,16,18-19H2,1H3,(H,34,35)(H2,30,31,36)/t25-/m0/s1. The second kappa shape index (κ2) is 12.7. The lowest BCUT2D eigenvalue weighted by Gasteiger charge is -2.23. The van der Waals surface area contributed by atoms with Crippen molar-refractivity contribution >= 4 is 29.2 Å². The first-order chi connectivity index (χ1) is 18.4. The summed E-state index contributed by atoms with van der Waals surface area (Å²) in [6, 6.07) is 20.7. The van der Waals surface area contributed by atoms with Gasteiger partial charge in [0.2, 0.25) is 0 Å². The monoisotopic (exact) mass is 517 g/mol. The van der Waals surface area contributed by atoms with E-state index in [0.717, 1.165) is 24.9 Å². The first kappa shape index (κ1) is 26.7. The van der Waals surface area contributed by atoms with Crippen molar-refractivity contribution in [3.8, 4) is 11.5 Å². The molecule has 0 radical (unpaired) electrons. The lowest BCUT2D eigenvalue weighted by atomic mass is 10.0. The maximum absolute atomic E-state index is 13.2. The predicted molar refractivity (Wildman–Crippen MR) is 144 cm³/mol. The smallest absolute Gasteiger partial charge is 0.323 e. The Morgan fingerprint density at radius 3 is 2.50 bits per heavy atom. The van der Waals surface area contributed by atoms with Crippen LogP contribution < -0.4 is 20.1 Å². The number of ketones is 1. The molecule has 1 fully saturated rings. The highest BCUT2D eigenvalue weighted by Gasteiger charge is 2.31. The molecule has 1 heterocycles. The number of rotatable bonds is 11. The number of carbonyl (C=O) groups excluding carboxylic acids is 2. The molecule has 0 spiro atoms. The number of benzene rings is 3. The number of methoxy groups -OCH3 is 1. The van der Waals surface area contributed by atoms with E-state index in [1.807, 2.05) is 29.2 Å². The highest BCUT2D eigenvalue weighted by atomic mass is 16.5. The maximum Gasteiger partial charge on any atom is 0.323 e. The van der Waals surface area contributed by atoms with Gasteiger partial charge in [-0.15, -0.1) is 0 Å². The Morgan fingerprint density at radius 2 is 1.74 bits per heavy atom. The zero-order chi connectivity index (χ0) is 26.9. The number of nitrogens with zero attached hydrogens (tertiary/aromatic N) is 1. The molecule has 3 aromatic rings. The molecule has 1 atom stereocenters. The minimum atomic E-state index is -0.900. The van der Waals surface area contributed by atoms with Gasteiger partial charge in [-0.3, -0.25) is 14.5 Å². The largest absolute Gasteiger partial charge is 0.495 e. The molecule has 9 nitrogen and oxygen atoms in total. The molecule has 1 aliphatic rings. The fourth-order valence-corrected chi connectivity index (χ4v) is 4.50. The van der Waals surface area contributed by atoms with Crippen molar-refractivity contribution in [1.29, 1.82) is 0 Å². The highest BCUT2D eigenvalue weighted by molar-refractivity contribution is 6.00. The van der Waals surface area contributed by atoms with Gasteiger partial charge in [0.25, 0.3) is 0 Å². The molecule has 3 aromatic carbocycles. The summed E-state index contributed by atoms with van der Waals surface area (Å²) in [7, 11) is 1.52. The number of para-hydroxylation sites is 1. The molecule has 0 unspecified atom stereocenters. The second-order valence-electron chi connectivity index (χ2n) is 9.08. The first-order valence-electron chi connectivity index (χ1n) is 12.4. The quantitative estimate of drug-likeness (QED) is 0.341. The van der Waals surface area contributed by atoms with Crippen LogP contribution in [0.25, 0.3) is 0 Å². The Balaban J connectivity index is 1.34. The summed E-state index contributed by atoms with van der Waals surface area (Å²) in [5, 5.41) is 14.5. The van der Waals surface area contributed by atoms with E-state index < -0.39 is 12.0 Å². The molecule has 38 heavy (non-hydrogen) atoms. The van der Waals surface area contributed by atoms with Crippen LogP contribution in [0.5, 0.6) is 11.5 Å². The molecule has 9 heteroatoms. The Morgan fingerprint density at radius 1 is 0.947 bits per heavy atom. The van der Waals surface area contributed by atoms with Crippen LogP contribution in [0, 0.1) is 0 Å². The van der Waals surface area contributed by atoms with Crippen LogP contribution in [0.1, 0.15) is 24.0 Å². The van der Waals surface area contributed by atoms with Crippen LogP contribution in [0.2, 0.25) is 0 Å². The maximum atomic E-state index is 13.2. The van der Waals surface area contributed by atoms with E-state index in [4.69, 9.17) is 14.6 Å². The van der Waals surface area contributed by atoms with E-state index in [9.17, 15) is 14.4 Å². The van der Waals surface area contributed by atoms with Crippen LogP contribution in [-0.4, -0.2) is 54.2 Å². The number of carboxylic acids is 1. The molecule has 0 saturated carbocycles. The summed E-state index contributed by atoms with van der Waals surface area (Å²) < 4.78 is 11.4. The van der Waals surface area contributed by atoms with E-state index in [0.29, 0.717) is 28.4 Å². The van der Waals surface area contributed by atoms with Gasteiger partial charge in [-0.2, -0.15) is 0 Å². The number of hydrogen-bond acceptors (Lipinski definition) is 6. The molecule has 0 aliphatic carbocycles. The van der Waals surface area contributed by atoms with Crippen molar-refractivity contribution in [2.45, 2.75) is 31.7 Å². The molecule has 1 aliphatic heterocycles. The van der Waals surface area contributed by atoms with Crippen molar-refractivity contribution in [2.24, 2.45) is 0 Å². The van der Waals surface area contributed by atoms with Crippen LogP contribution in [-0.2, 0) is 22.4 Å². The summed E-state index contributed by atoms with van der Waals surface area (Å²) in [5.41, 5.74) is 2.62. The fraction of sp³-hybridized carbons (Fsp3) is 0.276. The predicted octanol–water partition coefficient (Wildman–Crippen LogP) is 4.58. The summed E-state index contributed by atoms with van der Waals surface area (Å²) in [5.74, 6) is 0.218. The number of aliphatic carboxylic acids is 1. The molecular formula is C29H31N3O6. The number of Topliss-reactive ketones (excluding diaryl/α,β-unsaturated/α-hetero) is 1. The van der Waals surface area contributed by atoms with E-state index in [-0.39, 0.29) is 31.4 Å². The molecule has 1 saturated heterocycles. The van der Waals surface area contributed by atoms with Gasteiger partial charge in [-0.05, 0) is 60.4 Å². The number of nitrogens with one attached hydrogen (secondary N) is 2. The number of amides is 2. The van der Waals surface area contributed by atoms with Gasteiger partial charge in [-0.25, -0.2) is 4.79 Å². The van der Waals surface area contributed by atoms with Crippen molar-refractivity contribution in [1.82, 2.24) is 4.90 Å². The topological polar surface area (TPSA) is 117 Å². The summed E-state index contributed by atoms with van der Waals surface area (Å²) in [6.07, 6.45) is 1.79. The third kappa shape index (κ3) is 7.33. The number of carbonyl (C=O) groups is 3. The van der Waals surface area contributed by atoms with E-state index in [2.05, 4.69) is 10.6 Å². The van der Waals surface area contributed by atoms with Crippen LogP contribution in [0.15, 0.2) is 72.8 Å². The number of urea groups is 1. The van der Waals surface area contributed by atoms with Gasteiger partial charge in [0.05, 0.1) is 25.3 Å². The average Bonchev–Trinajstić information content (AvgIpc) is 3.38. The molecule has 198 valence electrons. The van der Waals surface area contributed by atoms with Gasteiger partial charge >= 0.3 is 12.0 Å². The Hall–Kier alpha value is -4.37. The lowest BCUT2D eigenvalue weighted by molar-refractivity contribution is -0.136. The van der Waals surface area contributed by atoms with Crippen LogP contribution in [0.3, 0.4) is 0 Å². The minimum Gasteiger partial charge on any atom is -0.495 e. The number of likely N-dealkylation sites (tertiary alicyclic amines) is 1. The first-order valence-corrected chi connectivity index (χ1v) is 12.4. The van der Waals surface area contributed by atoms with Crippen molar-refractivity contribution in [3.05, 3.63) is 83.9 Å². The van der Waals surface area contributed by atoms with Crippen molar-refractivity contribution in [2.75, 3.05) is 31.0 Å². The Bertz CT molecular complexity index is 1280. The normalized spacial score (nSPS) is 15.0. The average molecular weight is 518 g/mol. The lowest BCUT2D eigenvalue weighted by Crippen LogP contribution is -2.39. The van der Waals surface area contributed by atoms with E-state index >= 15 is 0 Å². The third-order valence-corrected chi connectivity index (χ3v) is 6.31. The van der Waals surface area contributed by atoms with Crippen molar-refractivity contribution < 1.29 is 29.0 Å². The van der Waals surface area contributed by atoms with Crippen molar-refractivity contribution in [3.63, 3.8) is 0 Å².